The van der Waals surface area contributed by atoms with Crippen LogP contribution in [0, 0.1) is 18.8 Å². The van der Waals surface area contributed by atoms with Crippen molar-refractivity contribution in [3.63, 3.8) is 0 Å². The third-order valence-corrected chi connectivity index (χ3v) is 4.06. The molecule has 0 bridgehead atoms. The molecule has 0 aromatic carbocycles. The molecule has 2 heterocycles. The van der Waals surface area contributed by atoms with Crippen LogP contribution in [0.4, 0.5) is 0 Å². The van der Waals surface area contributed by atoms with Crippen molar-refractivity contribution in [2.45, 2.75) is 27.2 Å². The SMILES string of the molecule is Cc1[nH]ccc1C(=O)N(C)C[C@@H]1CCN(CC(C)C)C1. The summed E-state index contributed by atoms with van der Waals surface area (Å²) < 4.78 is 0. The number of nitrogens with one attached hydrogen (secondary N) is 1. The van der Waals surface area contributed by atoms with E-state index < -0.39 is 0 Å². The lowest BCUT2D eigenvalue weighted by atomic mass is 10.1. The van der Waals surface area contributed by atoms with Crippen molar-refractivity contribution in [2.75, 3.05) is 33.2 Å². The Morgan fingerprint density at radius 1 is 1.55 bits per heavy atom. The second kappa shape index (κ2) is 6.44. The van der Waals surface area contributed by atoms with Crippen LogP contribution in [0.15, 0.2) is 12.3 Å². The minimum atomic E-state index is 0.131. The number of carbonyl (C=O) groups is 1. The van der Waals surface area contributed by atoms with Crippen LogP contribution in [0.3, 0.4) is 0 Å². The molecule has 1 aliphatic heterocycles. The number of carbonyl (C=O) groups excluding carboxylic acids is 1. The number of aromatic amines is 1. The van der Waals surface area contributed by atoms with Crippen molar-refractivity contribution >= 4 is 5.91 Å². The molecule has 1 aromatic rings. The minimum absolute atomic E-state index is 0.131. The standard InChI is InChI=1S/C16H27N3O/c1-12(2)9-19-8-6-14(11-19)10-18(4)16(20)15-5-7-17-13(15)3/h5,7,12,14,17H,6,8-11H2,1-4H3/t14-/m0/s1. The summed E-state index contributed by atoms with van der Waals surface area (Å²) in [6.07, 6.45) is 3.03. The zero-order valence-electron chi connectivity index (χ0n) is 13.1. The Morgan fingerprint density at radius 2 is 2.30 bits per heavy atom. The highest BCUT2D eigenvalue weighted by molar-refractivity contribution is 5.95. The van der Waals surface area contributed by atoms with Gasteiger partial charge in [-0.3, -0.25) is 4.79 Å². The van der Waals surface area contributed by atoms with E-state index in [9.17, 15) is 4.79 Å². The van der Waals surface area contributed by atoms with Crippen molar-refractivity contribution in [1.82, 2.24) is 14.8 Å². The lowest BCUT2D eigenvalue weighted by molar-refractivity contribution is 0.0772. The van der Waals surface area contributed by atoms with E-state index in [1.54, 1.807) is 0 Å². The number of aromatic nitrogens is 1. The first-order chi connectivity index (χ1) is 9.47. The van der Waals surface area contributed by atoms with Gasteiger partial charge in [-0.2, -0.15) is 0 Å². The molecular formula is C16H27N3O. The Bertz CT molecular complexity index is 452. The molecule has 112 valence electrons. The summed E-state index contributed by atoms with van der Waals surface area (Å²) in [5.74, 6) is 1.46. The Balaban J connectivity index is 1.85. The van der Waals surface area contributed by atoms with Gasteiger partial charge in [-0.25, -0.2) is 0 Å². The van der Waals surface area contributed by atoms with E-state index in [2.05, 4.69) is 23.7 Å². The fraction of sp³-hybridized carbons (Fsp3) is 0.688. The van der Waals surface area contributed by atoms with Gasteiger partial charge in [-0.15, -0.1) is 0 Å². The van der Waals surface area contributed by atoms with E-state index in [-0.39, 0.29) is 5.91 Å². The van der Waals surface area contributed by atoms with Gasteiger partial charge in [0.25, 0.3) is 5.91 Å². The molecule has 4 nitrogen and oxygen atoms in total. The first-order valence-corrected chi connectivity index (χ1v) is 7.59. The van der Waals surface area contributed by atoms with E-state index in [4.69, 9.17) is 0 Å². The molecule has 1 N–H and O–H groups in total. The number of hydrogen-bond donors (Lipinski definition) is 1. The Hall–Kier alpha value is -1.29. The maximum absolute atomic E-state index is 12.4. The smallest absolute Gasteiger partial charge is 0.255 e. The van der Waals surface area contributed by atoms with E-state index >= 15 is 0 Å². The normalized spacial score (nSPS) is 19.8. The van der Waals surface area contributed by atoms with Crippen LogP contribution in [0.25, 0.3) is 0 Å². The highest BCUT2D eigenvalue weighted by atomic mass is 16.2. The average molecular weight is 277 g/mol. The van der Waals surface area contributed by atoms with Gasteiger partial charge >= 0.3 is 0 Å². The zero-order valence-corrected chi connectivity index (χ0v) is 13.1. The maximum Gasteiger partial charge on any atom is 0.255 e. The summed E-state index contributed by atoms with van der Waals surface area (Å²) in [4.78, 5) is 19.8. The van der Waals surface area contributed by atoms with Crippen LogP contribution in [0.5, 0.6) is 0 Å². The van der Waals surface area contributed by atoms with E-state index in [1.807, 2.05) is 31.1 Å². The Morgan fingerprint density at radius 3 is 2.90 bits per heavy atom. The van der Waals surface area contributed by atoms with Gasteiger partial charge in [0.1, 0.15) is 0 Å². The van der Waals surface area contributed by atoms with Crippen LogP contribution in [0.1, 0.15) is 36.3 Å². The van der Waals surface area contributed by atoms with Crippen molar-refractivity contribution in [2.24, 2.45) is 11.8 Å². The second-order valence-corrected chi connectivity index (χ2v) is 6.51. The molecule has 1 aromatic heterocycles. The predicted molar refractivity (Wildman–Crippen MR) is 81.9 cm³/mol. The molecule has 1 amide bonds. The van der Waals surface area contributed by atoms with Crippen molar-refractivity contribution in [3.8, 4) is 0 Å². The number of nitrogens with zero attached hydrogens (tertiary/aromatic N) is 2. The van der Waals surface area contributed by atoms with Crippen molar-refractivity contribution < 1.29 is 4.79 Å². The minimum Gasteiger partial charge on any atom is -0.365 e. The van der Waals surface area contributed by atoms with Crippen molar-refractivity contribution in [1.29, 1.82) is 0 Å². The summed E-state index contributed by atoms with van der Waals surface area (Å²) in [5, 5.41) is 0. The van der Waals surface area contributed by atoms with Gasteiger partial charge in [0.15, 0.2) is 0 Å². The van der Waals surface area contributed by atoms with Crippen molar-refractivity contribution in [3.05, 3.63) is 23.5 Å². The summed E-state index contributed by atoms with van der Waals surface area (Å²) in [5.41, 5.74) is 1.75. The number of aryl methyl sites for hydroxylation is 1. The third kappa shape index (κ3) is 3.63. The summed E-state index contributed by atoms with van der Waals surface area (Å²) >= 11 is 0. The van der Waals surface area contributed by atoms with E-state index in [0.29, 0.717) is 5.92 Å². The highest BCUT2D eigenvalue weighted by Crippen LogP contribution is 2.19. The molecule has 0 saturated carbocycles. The van der Waals surface area contributed by atoms with Crippen LogP contribution in [0.2, 0.25) is 0 Å². The van der Waals surface area contributed by atoms with Crippen LogP contribution in [-0.4, -0.2) is 53.9 Å². The van der Waals surface area contributed by atoms with Gasteiger partial charge in [0, 0.05) is 38.6 Å². The molecule has 1 saturated heterocycles. The van der Waals surface area contributed by atoms with E-state index in [1.165, 1.54) is 19.5 Å². The molecule has 0 spiro atoms. The third-order valence-electron chi connectivity index (χ3n) is 4.06. The lowest BCUT2D eigenvalue weighted by Crippen LogP contribution is -2.33. The van der Waals surface area contributed by atoms with E-state index in [0.717, 1.165) is 30.3 Å². The molecule has 1 atom stereocenters. The fourth-order valence-corrected chi connectivity index (χ4v) is 3.10. The van der Waals surface area contributed by atoms with Crippen LogP contribution >= 0.6 is 0 Å². The summed E-state index contributed by atoms with van der Waals surface area (Å²) in [6.45, 7) is 10.8. The number of H-pyrrole nitrogens is 1. The molecule has 20 heavy (non-hydrogen) atoms. The van der Waals surface area contributed by atoms with Gasteiger partial charge in [0.05, 0.1) is 5.56 Å². The Kier molecular flexibility index (Phi) is 4.86. The average Bonchev–Trinajstić information content (AvgIpc) is 2.97. The van der Waals surface area contributed by atoms with Gasteiger partial charge in [-0.05, 0) is 37.8 Å². The van der Waals surface area contributed by atoms with Gasteiger partial charge in [-0.1, -0.05) is 13.8 Å². The summed E-state index contributed by atoms with van der Waals surface area (Å²) in [6, 6.07) is 1.87. The Labute approximate surface area is 122 Å². The largest absolute Gasteiger partial charge is 0.365 e. The molecule has 1 aliphatic rings. The maximum atomic E-state index is 12.4. The number of rotatable bonds is 5. The molecular weight excluding hydrogens is 250 g/mol. The molecule has 2 rings (SSSR count). The van der Waals surface area contributed by atoms with Crippen LogP contribution in [-0.2, 0) is 0 Å². The molecule has 0 radical (unpaired) electrons. The first kappa shape index (κ1) is 15.1. The second-order valence-electron chi connectivity index (χ2n) is 6.51. The number of amides is 1. The number of hydrogen-bond acceptors (Lipinski definition) is 2. The molecule has 4 heteroatoms. The lowest BCUT2D eigenvalue weighted by Gasteiger charge is -2.22. The quantitative estimate of drug-likeness (QED) is 0.897. The molecule has 0 unspecified atom stereocenters. The molecule has 0 aliphatic carbocycles. The predicted octanol–water partition coefficient (Wildman–Crippen LogP) is 2.37. The first-order valence-electron chi connectivity index (χ1n) is 7.59. The number of likely N-dealkylation sites (tertiary alicyclic amines) is 1. The zero-order chi connectivity index (χ0) is 14.7. The highest BCUT2D eigenvalue weighted by Gasteiger charge is 2.25. The topological polar surface area (TPSA) is 39.3 Å². The van der Waals surface area contributed by atoms with Gasteiger partial charge < -0.3 is 14.8 Å². The molecule has 1 fully saturated rings. The van der Waals surface area contributed by atoms with Gasteiger partial charge in [0.2, 0.25) is 0 Å². The van der Waals surface area contributed by atoms with Crippen LogP contribution < -0.4 is 0 Å². The fourth-order valence-electron chi connectivity index (χ4n) is 3.10. The summed E-state index contributed by atoms with van der Waals surface area (Å²) in [7, 11) is 1.92. The monoisotopic (exact) mass is 277 g/mol.